The van der Waals surface area contributed by atoms with E-state index in [0.717, 1.165) is 10.9 Å². The van der Waals surface area contributed by atoms with Gasteiger partial charge in [0.1, 0.15) is 8.07 Å². The van der Waals surface area contributed by atoms with Crippen LogP contribution in [0.15, 0.2) is 18.3 Å². The van der Waals surface area contributed by atoms with E-state index in [1.54, 1.807) is 26.1 Å². The Kier molecular flexibility index (Phi) is 6.38. The van der Waals surface area contributed by atoms with Crippen LogP contribution in [0.5, 0.6) is 5.75 Å². The molecule has 1 atom stereocenters. The van der Waals surface area contributed by atoms with Gasteiger partial charge in [0, 0.05) is 22.7 Å². The number of aromatic nitrogens is 1. The number of benzene rings is 1. The number of hydrogen-bond donors (Lipinski definition) is 0. The monoisotopic (exact) mass is 389 g/mol. The summed E-state index contributed by atoms with van der Waals surface area (Å²) in [6.07, 6.45) is 1.16. The molecule has 6 heteroatoms. The molecule has 1 aromatic heterocycles. The molecule has 0 saturated heterocycles. The molecule has 2 aromatic rings. The van der Waals surface area contributed by atoms with E-state index in [9.17, 15) is 4.39 Å². The summed E-state index contributed by atoms with van der Waals surface area (Å²) in [5.41, 5.74) is 5.18. The minimum absolute atomic E-state index is 0.140. The van der Waals surface area contributed by atoms with Crippen LogP contribution in [0, 0.1) is 24.2 Å². The van der Waals surface area contributed by atoms with Gasteiger partial charge in [0.05, 0.1) is 12.1 Å². The van der Waals surface area contributed by atoms with Gasteiger partial charge in [-0.25, -0.2) is 4.39 Å². The summed E-state index contributed by atoms with van der Waals surface area (Å²) in [6, 6.07) is 3.57. The Morgan fingerprint density at radius 1 is 1.35 bits per heavy atom. The minimum atomic E-state index is -1.48. The fourth-order valence-electron chi connectivity index (χ4n) is 2.31. The van der Waals surface area contributed by atoms with Crippen molar-refractivity contribution in [2.45, 2.75) is 46.5 Å². The molecule has 0 N–H and O–H groups in total. The molecule has 0 bridgehead atoms. The van der Waals surface area contributed by atoms with Gasteiger partial charge >= 0.3 is 0 Å². The van der Waals surface area contributed by atoms with Crippen molar-refractivity contribution < 1.29 is 13.9 Å². The zero-order chi connectivity index (χ0) is 19.5. The number of pyridine rings is 1. The third kappa shape index (κ3) is 5.02. The molecule has 1 heterocycles. The fourth-order valence-corrected chi connectivity index (χ4v) is 3.00. The molecule has 0 aliphatic rings. The highest BCUT2D eigenvalue weighted by molar-refractivity contribution is 7.80. The van der Waals surface area contributed by atoms with Crippen molar-refractivity contribution in [1.29, 1.82) is 0 Å². The molecule has 138 valence electrons. The van der Waals surface area contributed by atoms with Gasteiger partial charge in [-0.3, -0.25) is 4.98 Å². The molecule has 3 nitrogen and oxygen atoms in total. The third-order valence-electron chi connectivity index (χ3n) is 3.61. The average molecular weight is 390 g/mol. The zero-order valence-corrected chi connectivity index (χ0v) is 17.9. The Morgan fingerprint density at radius 2 is 2.04 bits per heavy atom. The van der Waals surface area contributed by atoms with E-state index in [1.165, 1.54) is 0 Å². The van der Waals surface area contributed by atoms with Gasteiger partial charge in [0.2, 0.25) is 5.05 Å². The second kappa shape index (κ2) is 8.15. The van der Waals surface area contributed by atoms with Gasteiger partial charge in [-0.05, 0) is 45.1 Å². The molecule has 0 spiro atoms. The normalized spacial score (nSPS) is 12.3. The lowest BCUT2D eigenvalue weighted by atomic mass is 10.1. The van der Waals surface area contributed by atoms with Crippen molar-refractivity contribution in [3.05, 3.63) is 35.3 Å². The van der Waals surface area contributed by atoms with Crippen LogP contribution in [0.4, 0.5) is 4.39 Å². The van der Waals surface area contributed by atoms with Gasteiger partial charge in [-0.1, -0.05) is 25.6 Å². The van der Waals surface area contributed by atoms with Crippen LogP contribution in [-0.2, 0) is 4.74 Å². The number of ether oxygens (including phenoxy) is 2. The maximum atomic E-state index is 14.7. The van der Waals surface area contributed by atoms with Crippen LogP contribution in [-0.4, -0.2) is 30.8 Å². The maximum absolute atomic E-state index is 14.7. The van der Waals surface area contributed by atoms with E-state index in [4.69, 9.17) is 21.7 Å². The number of hydrogen-bond acceptors (Lipinski definition) is 4. The standard InChI is InChI=1S/C20H24FNO2SSi/c1-7-23-20(25)14(3)24-17-11-16-10-15(8-9-26(4,5)6)12-22-19(16)13(2)18(17)21/h10-12,14H,7H2,1-6H3. The molecule has 0 aliphatic heterocycles. The van der Waals surface area contributed by atoms with Crippen LogP contribution in [0.25, 0.3) is 10.9 Å². The first-order chi connectivity index (χ1) is 12.1. The SMILES string of the molecule is CCOC(=S)C(C)Oc1cc2cc(C#C[Si](C)(C)C)cnc2c(C)c1F. The van der Waals surface area contributed by atoms with Gasteiger partial charge in [-0.15, -0.1) is 5.54 Å². The smallest absolute Gasteiger partial charge is 0.200 e. The van der Waals surface area contributed by atoms with E-state index in [0.29, 0.717) is 22.7 Å². The topological polar surface area (TPSA) is 31.4 Å². The van der Waals surface area contributed by atoms with Crippen LogP contribution >= 0.6 is 12.2 Å². The number of rotatable bonds is 4. The minimum Gasteiger partial charge on any atom is -0.484 e. The summed E-state index contributed by atoms with van der Waals surface area (Å²) in [7, 11) is -1.48. The van der Waals surface area contributed by atoms with Crippen molar-refractivity contribution in [3.63, 3.8) is 0 Å². The van der Waals surface area contributed by atoms with Crippen molar-refractivity contribution in [2.24, 2.45) is 0 Å². The van der Waals surface area contributed by atoms with E-state index >= 15 is 0 Å². The molecule has 0 saturated carbocycles. The number of thiocarbonyl (C=S) groups is 1. The van der Waals surface area contributed by atoms with E-state index < -0.39 is 20.0 Å². The molecule has 0 radical (unpaired) electrons. The predicted molar refractivity (Wildman–Crippen MR) is 111 cm³/mol. The Hall–Kier alpha value is -1.97. The lowest BCUT2D eigenvalue weighted by molar-refractivity contribution is 0.223. The quantitative estimate of drug-likeness (QED) is 0.416. The van der Waals surface area contributed by atoms with Crippen molar-refractivity contribution in [2.75, 3.05) is 6.61 Å². The van der Waals surface area contributed by atoms with Gasteiger partial charge in [-0.2, -0.15) is 0 Å². The summed E-state index contributed by atoms with van der Waals surface area (Å²) in [5, 5.41) is 1.09. The summed E-state index contributed by atoms with van der Waals surface area (Å²) in [4.78, 5) is 4.39. The molecular formula is C20H24FNO2SSi. The lowest BCUT2D eigenvalue weighted by Gasteiger charge is -2.17. The zero-order valence-electron chi connectivity index (χ0n) is 16.1. The Labute approximate surface area is 160 Å². The summed E-state index contributed by atoms with van der Waals surface area (Å²) >= 11 is 5.14. The van der Waals surface area contributed by atoms with Crippen LogP contribution in [0.1, 0.15) is 25.0 Å². The number of fused-ring (bicyclic) bond motifs is 1. The van der Waals surface area contributed by atoms with Crippen LogP contribution < -0.4 is 4.74 Å². The van der Waals surface area contributed by atoms with E-state index in [1.807, 2.05) is 13.0 Å². The van der Waals surface area contributed by atoms with Gasteiger partial charge in [0.25, 0.3) is 0 Å². The summed E-state index contributed by atoms with van der Waals surface area (Å²) in [5.74, 6) is 2.89. The largest absolute Gasteiger partial charge is 0.484 e. The van der Waals surface area contributed by atoms with Crippen LogP contribution in [0.2, 0.25) is 19.6 Å². The van der Waals surface area contributed by atoms with Gasteiger partial charge in [0.15, 0.2) is 17.7 Å². The summed E-state index contributed by atoms with van der Waals surface area (Å²) in [6.45, 7) is 12.3. The van der Waals surface area contributed by atoms with Crippen molar-refractivity contribution >= 4 is 36.2 Å². The molecular weight excluding hydrogens is 365 g/mol. The molecule has 2 rings (SSSR count). The van der Waals surface area contributed by atoms with Crippen LogP contribution in [0.3, 0.4) is 0 Å². The highest BCUT2D eigenvalue weighted by atomic mass is 32.1. The highest BCUT2D eigenvalue weighted by Gasteiger charge is 2.18. The third-order valence-corrected chi connectivity index (χ3v) is 4.93. The molecule has 1 aromatic carbocycles. The predicted octanol–water partition coefficient (Wildman–Crippen LogP) is 5.04. The lowest BCUT2D eigenvalue weighted by Crippen LogP contribution is -2.25. The first-order valence-corrected chi connectivity index (χ1v) is 12.5. The second-order valence-corrected chi connectivity index (χ2v) is 12.3. The molecule has 0 amide bonds. The number of nitrogens with zero attached hydrogens (tertiary/aromatic N) is 1. The Morgan fingerprint density at radius 3 is 2.65 bits per heavy atom. The number of aryl methyl sites for hydroxylation is 1. The van der Waals surface area contributed by atoms with Crippen molar-refractivity contribution in [3.8, 4) is 17.2 Å². The average Bonchev–Trinajstić information content (AvgIpc) is 2.57. The molecule has 1 unspecified atom stereocenters. The first kappa shape index (κ1) is 20.3. The maximum Gasteiger partial charge on any atom is 0.200 e. The summed E-state index contributed by atoms with van der Waals surface area (Å²) < 4.78 is 25.7. The first-order valence-electron chi connectivity index (χ1n) is 8.57. The van der Waals surface area contributed by atoms with E-state index in [2.05, 4.69) is 36.1 Å². The molecule has 26 heavy (non-hydrogen) atoms. The number of halogens is 1. The molecule has 0 aliphatic carbocycles. The van der Waals surface area contributed by atoms with Gasteiger partial charge < -0.3 is 9.47 Å². The highest BCUT2D eigenvalue weighted by Crippen LogP contribution is 2.29. The fraction of sp³-hybridized carbons (Fsp3) is 0.400. The second-order valence-electron chi connectivity index (χ2n) is 7.12. The van der Waals surface area contributed by atoms with E-state index in [-0.39, 0.29) is 5.75 Å². The Bertz CT molecular complexity index is 897. The molecule has 0 fully saturated rings. The van der Waals surface area contributed by atoms with Crippen molar-refractivity contribution in [1.82, 2.24) is 4.98 Å². The Balaban J connectivity index is 2.44.